The van der Waals surface area contributed by atoms with E-state index in [4.69, 9.17) is 0 Å². The normalized spacial score (nSPS) is 21.0. The monoisotopic (exact) mass is 716 g/mol. The summed E-state index contributed by atoms with van der Waals surface area (Å²) in [5, 5.41) is 34.9. The smallest absolute Gasteiger partial charge is 0.352 e. The highest BCUT2D eigenvalue weighted by Gasteiger charge is 2.56. The number of thioether (sulfide) groups is 2. The van der Waals surface area contributed by atoms with Crippen LogP contribution in [0, 0.1) is 0 Å². The van der Waals surface area contributed by atoms with E-state index < -0.39 is 70.6 Å². The maximum Gasteiger partial charge on any atom is 0.352 e. The average molecular weight is 717 g/mol. The number of carbonyl (C=O) groups excluding carboxylic acids is 6. The van der Waals surface area contributed by atoms with Gasteiger partial charge in [-0.3, -0.25) is 38.5 Å². The Morgan fingerprint density at radius 2 is 1.86 bits per heavy atom. The molecule has 49 heavy (non-hydrogen) atoms. The van der Waals surface area contributed by atoms with E-state index in [0.717, 1.165) is 43.1 Å². The number of aromatic nitrogens is 4. The Hall–Kier alpha value is -5.51. The number of rotatable bonds is 15. The molecule has 1 aromatic heterocycles. The molecule has 258 valence electrons. The van der Waals surface area contributed by atoms with E-state index in [0.29, 0.717) is 0 Å². The molecule has 0 saturated carbocycles. The molecule has 2 fully saturated rings. The summed E-state index contributed by atoms with van der Waals surface area (Å²) in [6.07, 6.45) is 0.530. The van der Waals surface area contributed by atoms with Gasteiger partial charge in [-0.15, -0.1) is 16.9 Å². The van der Waals surface area contributed by atoms with Crippen molar-refractivity contribution in [2.75, 3.05) is 25.4 Å². The highest BCUT2D eigenvalue weighted by molar-refractivity contribution is 8.01. The van der Waals surface area contributed by atoms with Crippen molar-refractivity contribution in [3.63, 3.8) is 0 Å². The number of carboxylic acids is 2. The number of hydrogen-bond acceptors (Lipinski definition) is 13. The lowest BCUT2D eigenvalue weighted by molar-refractivity contribution is -0.177. The Kier molecular flexibility index (Phi) is 10.5. The van der Waals surface area contributed by atoms with Crippen LogP contribution in [0.15, 0.2) is 46.8 Å². The highest BCUT2D eigenvalue weighted by Crippen LogP contribution is 2.45. The van der Waals surface area contributed by atoms with Crippen LogP contribution in [0.5, 0.6) is 0 Å². The lowest BCUT2D eigenvalue weighted by atomic mass is 10.0. The van der Waals surface area contributed by atoms with Crippen LogP contribution in [0.4, 0.5) is 0 Å². The summed E-state index contributed by atoms with van der Waals surface area (Å²) in [6, 6.07) is 5.24. The van der Waals surface area contributed by atoms with Gasteiger partial charge in [0.2, 0.25) is 18.0 Å². The number of piperazine rings is 1. The molecule has 0 aliphatic carbocycles. The predicted molar refractivity (Wildman–Crippen MR) is 165 cm³/mol. The van der Waals surface area contributed by atoms with E-state index in [1.165, 1.54) is 17.0 Å². The number of amides is 6. The van der Waals surface area contributed by atoms with E-state index in [-0.39, 0.29) is 54.5 Å². The van der Waals surface area contributed by atoms with Crippen LogP contribution in [0.1, 0.15) is 18.5 Å². The highest BCUT2D eigenvalue weighted by atomic mass is 32.2. The number of nitrogens with one attached hydrogen (secondary N) is 2. The van der Waals surface area contributed by atoms with Crippen LogP contribution < -0.4 is 10.6 Å². The summed E-state index contributed by atoms with van der Waals surface area (Å²) in [5.74, 6) is -6.53. The number of β-lactam (4-membered cyclic amide) rings is 1. The number of carboxylic acid groups (broad SMARTS) is 2. The number of hydrogen-bond donors (Lipinski definition) is 4. The first-order valence-electron chi connectivity index (χ1n) is 14.5. The first-order chi connectivity index (χ1) is 23.5. The number of carbonyl (C=O) groups is 8. The van der Waals surface area contributed by atoms with E-state index in [1.54, 1.807) is 25.1 Å². The Morgan fingerprint density at radius 3 is 2.49 bits per heavy atom. The molecule has 4 heterocycles. The molecule has 3 aliphatic rings. The molecule has 4 N–H and O–H groups in total. The van der Waals surface area contributed by atoms with Gasteiger partial charge < -0.3 is 25.7 Å². The third-order valence-corrected chi connectivity index (χ3v) is 10.2. The minimum absolute atomic E-state index is 0.00374. The predicted octanol–water partition coefficient (Wildman–Crippen LogP) is -2.53. The molecule has 3 aliphatic heterocycles. The van der Waals surface area contributed by atoms with Gasteiger partial charge in [0.1, 0.15) is 29.0 Å². The number of likely N-dealkylation sites (N-methyl/N-ethyl adjacent to an activating group) is 1. The molecule has 1 aromatic carbocycles. The first-order valence-corrected chi connectivity index (χ1v) is 16.4. The Bertz CT molecular complexity index is 1720. The van der Waals surface area contributed by atoms with Crippen molar-refractivity contribution in [3.8, 4) is 0 Å². The maximum atomic E-state index is 14.3. The summed E-state index contributed by atoms with van der Waals surface area (Å²) in [4.78, 5) is 103. The molecule has 6 amide bonds. The number of hydrazine groups is 1. The van der Waals surface area contributed by atoms with Gasteiger partial charge in [0.05, 0.1) is 6.54 Å². The Labute approximate surface area is 284 Å². The number of nitrogens with zero attached hydrogens (tertiary/aromatic N) is 8. The molecular weight excluding hydrogens is 688 g/mol. The summed E-state index contributed by atoms with van der Waals surface area (Å²) >= 11 is 1.77. The van der Waals surface area contributed by atoms with Crippen molar-refractivity contribution in [1.29, 1.82) is 0 Å². The minimum atomic E-state index is -1.53. The molecule has 0 bridgehead atoms. The van der Waals surface area contributed by atoms with Gasteiger partial charge in [0.15, 0.2) is 6.04 Å². The summed E-state index contributed by atoms with van der Waals surface area (Å²) in [6.45, 7) is 1.34. The topological polar surface area (TPSA) is 258 Å². The molecule has 5 rings (SSSR count). The third kappa shape index (κ3) is 6.76. The fourth-order valence-corrected chi connectivity index (χ4v) is 8.00. The van der Waals surface area contributed by atoms with Crippen LogP contribution in [0.3, 0.4) is 0 Å². The van der Waals surface area contributed by atoms with E-state index in [1.807, 2.05) is 0 Å². The zero-order valence-electron chi connectivity index (χ0n) is 25.4. The first kappa shape index (κ1) is 34.8. The molecule has 20 nitrogen and oxygen atoms in total. The van der Waals surface area contributed by atoms with E-state index in [9.17, 15) is 48.6 Å². The molecule has 4 atom stereocenters. The number of fused-ring (bicyclic) bond motifs is 1. The lowest BCUT2D eigenvalue weighted by Crippen LogP contribution is -2.71. The van der Waals surface area contributed by atoms with Crippen LogP contribution in [-0.2, 0) is 44.9 Å². The fraction of sp³-hybridized carbons (Fsp3) is 0.370. The second-order valence-electron chi connectivity index (χ2n) is 10.5. The van der Waals surface area contributed by atoms with Gasteiger partial charge >= 0.3 is 23.8 Å². The zero-order chi connectivity index (χ0) is 35.4. The van der Waals surface area contributed by atoms with Gasteiger partial charge in [-0.05, 0) is 22.9 Å². The van der Waals surface area contributed by atoms with Crippen molar-refractivity contribution in [3.05, 3.63) is 47.2 Å². The lowest BCUT2D eigenvalue weighted by Gasteiger charge is -2.51. The number of benzene rings is 1. The number of tetrazole rings is 1. The standard InChI is InChI=1S/C27H28N10O10S2/c1-2-33-8-9-35(24(45)23(33)44)36(13-39)18(14-6-4-3-5-7-14)20(42)29-21-15(11-48-27-30-31-32-34(27)10-16(40)41)19(26(46)47)37-22(43)17(28-12-38)25(37)49-21/h3-7,12-13,17-18,21,25H,2,8-11H2,1H3,(H,28,38)(H,29,42)(H,40,41)(H,46,47)/t17-,18?,21?,25+/m1/s1. The average Bonchev–Trinajstić information content (AvgIpc) is 3.52. The SMILES string of the molecule is CCN1CCN(N(C=O)C(C(=O)NC2S[C@H]3[C@H](NC=O)C(=O)N3C(C(=O)O)=C2CSc2nnnn2CC(=O)O)c2ccccc2)C(=O)C1=O. The number of aliphatic carboxylic acids is 2. The molecule has 2 unspecified atom stereocenters. The quantitative estimate of drug-likeness (QED) is 0.0641. The molecule has 0 radical (unpaired) electrons. The van der Waals surface area contributed by atoms with E-state index >= 15 is 0 Å². The summed E-state index contributed by atoms with van der Waals surface area (Å²) in [7, 11) is 0. The van der Waals surface area contributed by atoms with Gasteiger partial charge in [-0.2, -0.15) is 0 Å². The second-order valence-corrected chi connectivity index (χ2v) is 12.6. The van der Waals surface area contributed by atoms with Gasteiger partial charge in [-0.25, -0.2) is 19.5 Å². The minimum Gasteiger partial charge on any atom is -0.480 e. The molecule has 0 spiro atoms. The van der Waals surface area contributed by atoms with Crippen molar-refractivity contribution in [1.82, 2.24) is 50.7 Å². The Morgan fingerprint density at radius 1 is 1.12 bits per heavy atom. The van der Waals surface area contributed by atoms with Crippen LogP contribution in [0.2, 0.25) is 0 Å². The molecule has 22 heteroatoms. The van der Waals surface area contributed by atoms with Crippen molar-refractivity contribution in [2.24, 2.45) is 0 Å². The van der Waals surface area contributed by atoms with Crippen molar-refractivity contribution < 1.29 is 48.6 Å². The van der Waals surface area contributed by atoms with Gasteiger partial charge in [0.25, 0.3) is 11.8 Å². The Balaban J connectivity index is 1.52. The third-order valence-electron chi connectivity index (χ3n) is 7.73. The van der Waals surface area contributed by atoms with Crippen molar-refractivity contribution >= 4 is 71.9 Å². The largest absolute Gasteiger partial charge is 0.480 e. The van der Waals surface area contributed by atoms with Gasteiger partial charge in [-0.1, -0.05) is 42.1 Å². The molecular formula is C27H28N10O10S2. The van der Waals surface area contributed by atoms with Crippen LogP contribution in [0.25, 0.3) is 0 Å². The second kappa shape index (κ2) is 14.7. The zero-order valence-corrected chi connectivity index (χ0v) is 27.1. The van der Waals surface area contributed by atoms with E-state index in [2.05, 4.69) is 26.2 Å². The summed E-state index contributed by atoms with van der Waals surface area (Å²) in [5.41, 5.74) is -0.256. The van der Waals surface area contributed by atoms with Gasteiger partial charge in [0, 0.05) is 24.4 Å². The van der Waals surface area contributed by atoms with Crippen LogP contribution in [-0.4, -0.2) is 141 Å². The van der Waals surface area contributed by atoms with Crippen LogP contribution >= 0.6 is 23.5 Å². The molecule has 2 saturated heterocycles. The maximum absolute atomic E-state index is 14.3. The fourth-order valence-electron chi connectivity index (χ4n) is 5.45. The summed E-state index contributed by atoms with van der Waals surface area (Å²) < 4.78 is 0.961. The molecule has 2 aromatic rings. The van der Waals surface area contributed by atoms with Crippen molar-refractivity contribution in [2.45, 2.75) is 41.5 Å².